The molecule has 0 spiro atoms. The van der Waals surface area contributed by atoms with Crippen molar-refractivity contribution < 1.29 is 30.7 Å². The number of rotatable bonds is 6. The number of imidazole rings is 1. The number of aromatic nitrogens is 3. The molecule has 0 unspecified atom stereocenters. The van der Waals surface area contributed by atoms with Crippen LogP contribution in [0.3, 0.4) is 0 Å². The molecule has 0 amide bonds. The molecule has 5 heteroatoms. The van der Waals surface area contributed by atoms with Gasteiger partial charge in [-0.3, -0.25) is 9.55 Å². The van der Waals surface area contributed by atoms with Crippen molar-refractivity contribution >= 4 is 11.0 Å². The molecular formula is C42H28N3OPt+. The Morgan fingerprint density at radius 2 is 1.11 bits per heavy atom. The van der Waals surface area contributed by atoms with Gasteiger partial charge in [0.1, 0.15) is 5.75 Å². The molecule has 0 fully saturated rings. The Kier molecular flexibility index (Phi) is 8.35. The van der Waals surface area contributed by atoms with E-state index in [1.54, 1.807) is 6.07 Å². The van der Waals surface area contributed by atoms with Crippen molar-refractivity contribution in [1.82, 2.24) is 9.55 Å². The van der Waals surface area contributed by atoms with Crippen molar-refractivity contribution in [1.29, 1.82) is 0 Å². The minimum Gasteiger partial charge on any atom is -0.507 e. The summed E-state index contributed by atoms with van der Waals surface area (Å²) in [7, 11) is 0. The number of fused-ring (bicyclic) bond motifs is 1. The Bertz CT molecular complexity index is 2270. The third-order valence-corrected chi connectivity index (χ3v) is 8.22. The van der Waals surface area contributed by atoms with Gasteiger partial charge in [-0.05, 0) is 51.8 Å². The van der Waals surface area contributed by atoms with Crippen molar-refractivity contribution in [3.63, 3.8) is 0 Å². The molecule has 2 heterocycles. The zero-order valence-corrected chi connectivity index (χ0v) is 27.5. The monoisotopic (exact) mass is 785 g/mol. The molecule has 8 aromatic rings. The van der Waals surface area contributed by atoms with E-state index in [-0.39, 0.29) is 26.8 Å². The van der Waals surface area contributed by atoms with Crippen LogP contribution in [-0.4, -0.2) is 14.7 Å². The van der Waals surface area contributed by atoms with Crippen LogP contribution in [0.5, 0.6) is 5.75 Å². The summed E-state index contributed by atoms with van der Waals surface area (Å²) in [6.07, 6.45) is 3.71. The van der Waals surface area contributed by atoms with E-state index in [1.807, 2.05) is 66.7 Å². The van der Waals surface area contributed by atoms with Crippen molar-refractivity contribution in [2.24, 2.45) is 0 Å². The molecule has 0 aliphatic rings. The first-order chi connectivity index (χ1) is 22.7. The fourth-order valence-electron chi connectivity index (χ4n) is 6.05. The summed E-state index contributed by atoms with van der Waals surface area (Å²) < 4.78 is 4.25. The van der Waals surface area contributed by atoms with Crippen LogP contribution < -0.4 is 4.57 Å². The van der Waals surface area contributed by atoms with Crippen molar-refractivity contribution in [2.75, 3.05) is 0 Å². The summed E-state index contributed by atoms with van der Waals surface area (Å²) in [6, 6.07) is 58.7. The summed E-state index contributed by atoms with van der Waals surface area (Å²) in [5.41, 5.74) is 11.5. The SMILES string of the molecule is Oc1ccccc1-c1cccc(-c2[c-]c(-n3[c-][n+](-c4c(-c5ccccc5)cccc4-c4ccccc4)c4ccccc43)ccc2)n1.[Pt+2]. The first kappa shape index (κ1) is 30.1. The predicted molar refractivity (Wildman–Crippen MR) is 184 cm³/mol. The van der Waals surface area contributed by atoms with Crippen LogP contribution in [0.25, 0.3) is 67.2 Å². The van der Waals surface area contributed by atoms with Crippen molar-refractivity contribution in [2.45, 2.75) is 0 Å². The third kappa shape index (κ3) is 5.69. The van der Waals surface area contributed by atoms with Crippen LogP contribution in [0, 0.1) is 12.4 Å². The van der Waals surface area contributed by atoms with E-state index < -0.39 is 0 Å². The largest absolute Gasteiger partial charge is 2.00 e. The van der Waals surface area contributed by atoms with Crippen LogP contribution in [0.4, 0.5) is 0 Å². The van der Waals surface area contributed by atoms with Gasteiger partial charge in [-0.2, -0.15) is 0 Å². The van der Waals surface area contributed by atoms with Gasteiger partial charge in [-0.15, -0.1) is 29.8 Å². The Balaban J connectivity index is 0.00000351. The molecule has 2 aromatic heterocycles. The van der Waals surface area contributed by atoms with Crippen LogP contribution in [0.2, 0.25) is 0 Å². The minimum atomic E-state index is 0. The van der Waals surface area contributed by atoms with Crippen LogP contribution >= 0.6 is 0 Å². The Morgan fingerprint density at radius 3 is 1.83 bits per heavy atom. The van der Waals surface area contributed by atoms with Gasteiger partial charge in [0.15, 0.2) is 0 Å². The summed E-state index contributed by atoms with van der Waals surface area (Å²) in [5, 5.41) is 10.4. The fraction of sp³-hybridized carbons (Fsp3) is 0. The smallest absolute Gasteiger partial charge is 0.507 e. The maximum atomic E-state index is 10.4. The number of hydrogen-bond acceptors (Lipinski definition) is 2. The maximum Gasteiger partial charge on any atom is 2.00 e. The first-order valence-corrected chi connectivity index (χ1v) is 15.2. The zero-order valence-electron chi connectivity index (χ0n) is 25.2. The van der Waals surface area contributed by atoms with E-state index in [1.165, 1.54) is 0 Å². The van der Waals surface area contributed by atoms with Gasteiger partial charge in [-0.1, -0.05) is 127 Å². The quantitative estimate of drug-likeness (QED) is 0.135. The van der Waals surface area contributed by atoms with E-state index in [4.69, 9.17) is 4.98 Å². The molecule has 1 N–H and O–H groups in total. The summed E-state index contributed by atoms with van der Waals surface area (Å²) in [5.74, 6) is 0.202. The maximum absolute atomic E-state index is 10.4. The molecule has 47 heavy (non-hydrogen) atoms. The molecule has 0 bridgehead atoms. The molecule has 6 aromatic carbocycles. The van der Waals surface area contributed by atoms with E-state index in [0.717, 1.165) is 55.9 Å². The standard InChI is InChI=1S/C42H28N3O.Pt/c46-41-27-10-7-20-36(41)38-24-13-23-37(43-38)32-18-11-19-33(28-32)44-29-45(40-26-9-8-25-39(40)44)42-34(30-14-3-1-4-15-30)21-12-22-35(42)31-16-5-2-6-17-31;/h1-27,46H;/q-1;+2. The molecule has 0 aliphatic heterocycles. The van der Waals surface area contributed by atoms with Crippen LogP contribution in [-0.2, 0) is 21.1 Å². The summed E-state index contributed by atoms with van der Waals surface area (Å²) in [6.45, 7) is 0. The molecule has 0 aliphatic carbocycles. The van der Waals surface area contributed by atoms with E-state index in [9.17, 15) is 5.11 Å². The molecule has 0 radical (unpaired) electrons. The minimum absolute atomic E-state index is 0. The third-order valence-electron chi connectivity index (χ3n) is 8.22. The van der Waals surface area contributed by atoms with Gasteiger partial charge in [-0.25, -0.2) is 0 Å². The van der Waals surface area contributed by atoms with E-state index >= 15 is 0 Å². The Labute approximate surface area is 288 Å². The molecule has 8 rings (SSSR count). The zero-order chi connectivity index (χ0) is 30.9. The number of benzene rings is 6. The molecule has 226 valence electrons. The Morgan fingerprint density at radius 1 is 0.532 bits per heavy atom. The summed E-state index contributed by atoms with van der Waals surface area (Å²) in [4.78, 5) is 4.90. The number of nitrogens with zero attached hydrogens (tertiary/aromatic N) is 3. The number of hydrogen-bond donors (Lipinski definition) is 1. The van der Waals surface area contributed by atoms with Gasteiger partial charge in [0, 0.05) is 5.56 Å². The topological polar surface area (TPSA) is 41.9 Å². The van der Waals surface area contributed by atoms with Gasteiger partial charge >= 0.3 is 21.1 Å². The molecule has 0 saturated carbocycles. The number of phenolic OH excluding ortho intramolecular Hbond substituents is 1. The van der Waals surface area contributed by atoms with Gasteiger partial charge in [0.2, 0.25) is 0 Å². The number of phenols is 1. The van der Waals surface area contributed by atoms with E-state index in [0.29, 0.717) is 11.3 Å². The second-order valence-corrected chi connectivity index (χ2v) is 11.1. The number of aromatic hydroxyl groups is 1. The number of para-hydroxylation sites is 4. The predicted octanol–water partition coefficient (Wildman–Crippen LogP) is 9.27. The molecular weight excluding hydrogens is 758 g/mol. The summed E-state index contributed by atoms with van der Waals surface area (Å²) >= 11 is 0. The second kappa shape index (κ2) is 13.0. The average molecular weight is 786 g/mol. The van der Waals surface area contributed by atoms with Crippen LogP contribution in [0.1, 0.15) is 0 Å². The molecule has 4 nitrogen and oxygen atoms in total. The van der Waals surface area contributed by atoms with Gasteiger partial charge in [0.05, 0.1) is 22.4 Å². The fourth-order valence-corrected chi connectivity index (χ4v) is 6.05. The van der Waals surface area contributed by atoms with Crippen molar-refractivity contribution in [3.8, 4) is 61.9 Å². The molecule has 0 atom stereocenters. The van der Waals surface area contributed by atoms with Crippen molar-refractivity contribution in [3.05, 3.63) is 176 Å². The molecule has 0 saturated heterocycles. The normalized spacial score (nSPS) is 10.9. The van der Waals surface area contributed by atoms with Gasteiger partial charge < -0.3 is 9.67 Å². The second-order valence-electron chi connectivity index (χ2n) is 11.1. The Hall–Kier alpha value is -5.57. The first-order valence-electron chi connectivity index (χ1n) is 15.2. The van der Waals surface area contributed by atoms with Crippen LogP contribution in [0.15, 0.2) is 164 Å². The average Bonchev–Trinajstić information content (AvgIpc) is 3.52. The number of pyridine rings is 1. The van der Waals surface area contributed by atoms with E-state index in [2.05, 4.69) is 113 Å². The van der Waals surface area contributed by atoms with Gasteiger partial charge in [0.25, 0.3) is 6.33 Å².